The van der Waals surface area contributed by atoms with Crippen molar-refractivity contribution in [2.45, 2.75) is 51.7 Å². The molecule has 130 valence electrons. The third-order valence-electron chi connectivity index (χ3n) is 4.53. The zero-order valence-electron chi connectivity index (χ0n) is 15.1. The fraction of sp³-hybridized carbons (Fsp3) is 0.812. The highest BCUT2D eigenvalue weighted by molar-refractivity contribution is 5.80. The van der Waals surface area contributed by atoms with Crippen LogP contribution in [0.25, 0.3) is 0 Å². The highest BCUT2D eigenvalue weighted by Gasteiger charge is 2.32. The predicted molar refractivity (Wildman–Crippen MR) is 88.0 cm³/mol. The Bertz CT molecular complexity index is 528. The van der Waals surface area contributed by atoms with Crippen LogP contribution < -0.4 is 0 Å². The molecule has 0 bridgehead atoms. The van der Waals surface area contributed by atoms with Crippen molar-refractivity contribution < 1.29 is 9.32 Å². The molecule has 1 amide bonds. The quantitative estimate of drug-likeness (QED) is 0.783. The van der Waals surface area contributed by atoms with E-state index in [2.05, 4.69) is 27.0 Å². The van der Waals surface area contributed by atoms with Gasteiger partial charge in [-0.2, -0.15) is 4.98 Å². The van der Waals surface area contributed by atoms with Crippen molar-refractivity contribution in [1.82, 2.24) is 24.8 Å². The first-order valence-electron chi connectivity index (χ1n) is 8.27. The maximum atomic E-state index is 12.1. The number of carbonyl (C=O) groups excluding carboxylic acids is 1. The molecule has 0 saturated carbocycles. The molecule has 2 rings (SSSR count). The lowest BCUT2D eigenvalue weighted by Crippen LogP contribution is -2.45. The average Bonchev–Trinajstić information content (AvgIpc) is 3.14. The van der Waals surface area contributed by atoms with Gasteiger partial charge in [0, 0.05) is 39.1 Å². The van der Waals surface area contributed by atoms with Crippen molar-refractivity contribution in [3.05, 3.63) is 11.7 Å². The molecule has 1 fully saturated rings. The molecule has 1 aromatic rings. The predicted octanol–water partition coefficient (Wildman–Crippen LogP) is 1.18. The van der Waals surface area contributed by atoms with Crippen molar-refractivity contribution >= 4 is 5.91 Å². The smallest absolute Gasteiger partial charge is 0.239 e. The summed E-state index contributed by atoms with van der Waals surface area (Å²) in [4.78, 5) is 22.7. The van der Waals surface area contributed by atoms with Gasteiger partial charge in [0.1, 0.15) is 0 Å². The highest BCUT2D eigenvalue weighted by atomic mass is 16.5. The minimum Gasteiger partial charge on any atom is -0.347 e. The summed E-state index contributed by atoms with van der Waals surface area (Å²) in [7, 11) is 5.69. The topological polar surface area (TPSA) is 65.7 Å². The Morgan fingerprint density at radius 3 is 2.61 bits per heavy atom. The summed E-state index contributed by atoms with van der Waals surface area (Å²) >= 11 is 0. The van der Waals surface area contributed by atoms with E-state index in [1.54, 1.807) is 19.0 Å². The lowest BCUT2D eigenvalue weighted by Gasteiger charge is -2.27. The highest BCUT2D eigenvalue weighted by Crippen LogP contribution is 2.19. The van der Waals surface area contributed by atoms with Gasteiger partial charge in [0.25, 0.3) is 0 Å². The second-order valence-electron chi connectivity index (χ2n) is 6.96. The number of amides is 1. The molecule has 0 unspecified atom stereocenters. The Morgan fingerprint density at radius 1 is 1.35 bits per heavy atom. The lowest BCUT2D eigenvalue weighted by molar-refractivity contribution is -0.133. The van der Waals surface area contributed by atoms with Gasteiger partial charge in [-0.25, -0.2) is 0 Å². The van der Waals surface area contributed by atoms with Gasteiger partial charge in [0.2, 0.25) is 11.8 Å². The largest absolute Gasteiger partial charge is 0.347 e. The fourth-order valence-corrected chi connectivity index (χ4v) is 2.93. The van der Waals surface area contributed by atoms with Crippen molar-refractivity contribution in [3.8, 4) is 0 Å². The number of likely N-dealkylation sites (N-methyl/N-ethyl adjacent to an activating group) is 2. The van der Waals surface area contributed by atoms with E-state index in [9.17, 15) is 4.79 Å². The van der Waals surface area contributed by atoms with E-state index in [1.165, 1.54) is 0 Å². The number of hydrogen-bond acceptors (Lipinski definition) is 6. The van der Waals surface area contributed by atoms with Crippen LogP contribution in [0.4, 0.5) is 0 Å². The molecular weight excluding hydrogens is 294 g/mol. The summed E-state index contributed by atoms with van der Waals surface area (Å²) in [5.74, 6) is 1.83. The number of aromatic nitrogens is 2. The van der Waals surface area contributed by atoms with E-state index in [4.69, 9.17) is 4.52 Å². The van der Waals surface area contributed by atoms with Gasteiger partial charge in [0.05, 0.1) is 12.6 Å². The van der Waals surface area contributed by atoms with Crippen LogP contribution in [0.2, 0.25) is 0 Å². The first-order valence-corrected chi connectivity index (χ1v) is 8.27. The molecule has 0 N–H and O–H groups in total. The van der Waals surface area contributed by atoms with Crippen LogP contribution in [0.1, 0.15) is 44.8 Å². The molecule has 2 atom stereocenters. The van der Waals surface area contributed by atoms with Crippen LogP contribution in [-0.2, 0) is 11.3 Å². The van der Waals surface area contributed by atoms with E-state index in [0.29, 0.717) is 18.5 Å². The number of nitrogens with zero attached hydrogens (tertiary/aromatic N) is 5. The van der Waals surface area contributed by atoms with Crippen LogP contribution in [0, 0.1) is 0 Å². The zero-order chi connectivity index (χ0) is 17.1. The Morgan fingerprint density at radius 2 is 2.04 bits per heavy atom. The Balaban J connectivity index is 1.89. The molecule has 7 nitrogen and oxygen atoms in total. The van der Waals surface area contributed by atoms with Crippen LogP contribution in [0.5, 0.6) is 0 Å². The van der Waals surface area contributed by atoms with Crippen LogP contribution in [-0.4, -0.2) is 77.1 Å². The third kappa shape index (κ3) is 4.29. The Hall–Kier alpha value is -1.47. The molecular formula is C16H29N5O2. The first-order chi connectivity index (χ1) is 10.8. The van der Waals surface area contributed by atoms with Crippen molar-refractivity contribution in [2.24, 2.45) is 0 Å². The molecule has 1 saturated heterocycles. The second kappa shape index (κ2) is 7.40. The zero-order valence-corrected chi connectivity index (χ0v) is 15.1. The standard InChI is InChI=1S/C16H29N5O2/c1-11(2)15-17-14(18-23-15)10-20(6)13-7-8-21(9-13)12(3)16(22)19(4)5/h11-13H,7-10H2,1-6H3/t12-,13-/m0/s1. The van der Waals surface area contributed by atoms with Gasteiger partial charge in [-0.3, -0.25) is 14.6 Å². The van der Waals surface area contributed by atoms with E-state index in [1.807, 2.05) is 20.8 Å². The SMILES string of the molecule is CC(C)c1nc(CN(C)[C@H]2CCN([C@@H](C)C(=O)N(C)C)C2)no1. The maximum absolute atomic E-state index is 12.1. The number of hydrogen-bond donors (Lipinski definition) is 0. The molecule has 23 heavy (non-hydrogen) atoms. The number of likely N-dealkylation sites (tertiary alicyclic amines) is 1. The Kier molecular flexibility index (Phi) is 5.75. The van der Waals surface area contributed by atoms with Gasteiger partial charge in [-0.05, 0) is 20.4 Å². The average molecular weight is 323 g/mol. The van der Waals surface area contributed by atoms with Crippen LogP contribution in [0.15, 0.2) is 4.52 Å². The summed E-state index contributed by atoms with van der Waals surface area (Å²) in [6.45, 7) is 8.58. The van der Waals surface area contributed by atoms with Gasteiger partial charge in [-0.15, -0.1) is 0 Å². The fourth-order valence-electron chi connectivity index (χ4n) is 2.93. The van der Waals surface area contributed by atoms with E-state index in [-0.39, 0.29) is 17.9 Å². The molecule has 0 spiro atoms. The van der Waals surface area contributed by atoms with E-state index >= 15 is 0 Å². The molecule has 0 aromatic carbocycles. The summed E-state index contributed by atoms with van der Waals surface area (Å²) in [6, 6.07) is 0.342. The normalized spacial score (nSPS) is 20.4. The van der Waals surface area contributed by atoms with E-state index < -0.39 is 0 Å². The first kappa shape index (κ1) is 17.9. The van der Waals surface area contributed by atoms with E-state index in [0.717, 1.165) is 25.3 Å². The minimum absolute atomic E-state index is 0.0684. The van der Waals surface area contributed by atoms with Crippen molar-refractivity contribution in [3.63, 3.8) is 0 Å². The molecule has 1 aliphatic heterocycles. The summed E-state index contributed by atoms with van der Waals surface area (Å²) in [6.07, 6.45) is 1.05. The molecule has 2 heterocycles. The number of carbonyl (C=O) groups is 1. The molecule has 1 aromatic heterocycles. The minimum atomic E-state index is -0.0684. The molecule has 0 radical (unpaired) electrons. The lowest BCUT2D eigenvalue weighted by atomic mass is 10.2. The molecule has 0 aliphatic carbocycles. The summed E-state index contributed by atoms with van der Waals surface area (Å²) in [5, 5.41) is 4.05. The Labute approximate surface area is 138 Å². The third-order valence-corrected chi connectivity index (χ3v) is 4.53. The van der Waals surface area contributed by atoms with Crippen molar-refractivity contribution in [2.75, 3.05) is 34.2 Å². The van der Waals surface area contributed by atoms with Gasteiger partial charge < -0.3 is 9.42 Å². The summed E-state index contributed by atoms with van der Waals surface area (Å²) < 4.78 is 5.26. The molecule has 1 aliphatic rings. The van der Waals surface area contributed by atoms with Crippen LogP contribution in [0.3, 0.4) is 0 Å². The molecule has 7 heteroatoms. The van der Waals surface area contributed by atoms with Gasteiger partial charge in [-0.1, -0.05) is 19.0 Å². The summed E-state index contributed by atoms with van der Waals surface area (Å²) in [5.41, 5.74) is 0. The van der Waals surface area contributed by atoms with Gasteiger partial charge >= 0.3 is 0 Å². The monoisotopic (exact) mass is 323 g/mol. The van der Waals surface area contributed by atoms with Crippen LogP contribution >= 0.6 is 0 Å². The maximum Gasteiger partial charge on any atom is 0.239 e. The number of rotatable bonds is 6. The van der Waals surface area contributed by atoms with Gasteiger partial charge in [0.15, 0.2) is 5.82 Å². The van der Waals surface area contributed by atoms with Crippen molar-refractivity contribution in [1.29, 1.82) is 0 Å². The second-order valence-corrected chi connectivity index (χ2v) is 6.96.